The second kappa shape index (κ2) is 7.32. The number of hydrogen-bond acceptors (Lipinski definition) is 5. The first-order valence-electron chi connectivity index (χ1n) is 8.79. The number of nitrogens with zero attached hydrogens (tertiary/aromatic N) is 3. The summed E-state index contributed by atoms with van der Waals surface area (Å²) in [6.07, 6.45) is -3.40. The van der Waals surface area contributed by atoms with Crippen LogP contribution >= 0.6 is 11.3 Å². The van der Waals surface area contributed by atoms with Gasteiger partial charge in [-0.3, -0.25) is 0 Å². The minimum absolute atomic E-state index is 0.177. The van der Waals surface area contributed by atoms with Crippen molar-refractivity contribution in [2.75, 3.05) is 45.1 Å². The Morgan fingerprint density at radius 1 is 1.15 bits per heavy atom. The molecule has 8 heteroatoms. The van der Waals surface area contributed by atoms with Crippen molar-refractivity contribution in [1.82, 2.24) is 14.8 Å². The zero-order valence-corrected chi connectivity index (χ0v) is 16.2. The van der Waals surface area contributed by atoms with E-state index in [2.05, 4.69) is 41.0 Å². The summed E-state index contributed by atoms with van der Waals surface area (Å²) in [4.78, 5) is 9.15. The van der Waals surface area contributed by atoms with Gasteiger partial charge in [-0.2, -0.15) is 13.2 Å². The van der Waals surface area contributed by atoms with Crippen molar-refractivity contribution in [3.63, 3.8) is 0 Å². The van der Waals surface area contributed by atoms with Gasteiger partial charge in [-0.15, -0.1) is 0 Å². The SMILES string of the molecule is CN1CCN(CCC(C)(C)Nc2nc3cc(C(F)(F)F)ccc3s2)CC1. The molecule has 0 spiro atoms. The van der Waals surface area contributed by atoms with Crippen molar-refractivity contribution in [1.29, 1.82) is 0 Å². The molecule has 0 amide bonds. The van der Waals surface area contributed by atoms with Crippen LogP contribution in [0, 0.1) is 0 Å². The van der Waals surface area contributed by atoms with Crippen LogP contribution in [-0.4, -0.2) is 60.1 Å². The minimum Gasteiger partial charge on any atom is -0.357 e. The van der Waals surface area contributed by atoms with Gasteiger partial charge >= 0.3 is 6.18 Å². The molecule has 2 aromatic rings. The van der Waals surface area contributed by atoms with E-state index in [0.29, 0.717) is 10.6 Å². The van der Waals surface area contributed by atoms with Gasteiger partial charge in [0.2, 0.25) is 0 Å². The summed E-state index contributed by atoms with van der Waals surface area (Å²) >= 11 is 1.40. The summed E-state index contributed by atoms with van der Waals surface area (Å²) < 4.78 is 39.3. The highest BCUT2D eigenvalue weighted by atomic mass is 32.1. The molecular weight excluding hydrogens is 361 g/mol. The van der Waals surface area contributed by atoms with Crippen molar-refractivity contribution < 1.29 is 13.2 Å². The minimum atomic E-state index is -4.34. The summed E-state index contributed by atoms with van der Waals surface area (Å²) in [5.41, 5.74) is -0.442. The lowest BCUT2D eigenvalue weighted by Gasteiger charge is -2.35. The summed E-state index contributed by atoms with van der Waals surface area (Å²) in [6.45, 7) is 9.55. The Morgan fingerprint density at radius 2 is 1.85 bits per heavy atom. The smallest absolute Gasteiger partial charge is 0.357 e. The molecule has 1 fully saturated rings. The topological polar surface area (TPSA) is 31.4 Å². The summed E-state index contributed by atoms with van der Waals surface area (Å²) in [6, 6.07) is 3.73. The molecule has 1 saturated heterocycles. The number of nitrogens with one attached hydrogen (secondary N) is 1. The number of fused-ring (bicyclic) bond motifs is 1. The van der Waals surface area contributed by atoms with E-state index < -0.39 is 11.7 Å². The number of benzene rings is 1. The van der Waals surface area contributed by atoms with E-state index in [-0.39, 0.29) is 5.54 Å². The third-order valence-electron chi connectivity index (χ3n) is 4.81. The summed E-state index contributed by atoms with van der Waals surface area (Å²) in [5, 5.41) is 4.07. The van der Waals surface area contributed by atoms with Gasteiger partial charge in [0.05, 0.1) is 15.8 Å². The van der Waals surface area contributed by atoms with Crippen LogP contribution in [0.3, 0.4) is 0 Å². The second-order valence-corrected chi connectivity index (χ2v) is 8.63. The Balaban J connectivity index is 1.63. The number of aromatic nitrogens is 1. The van der Waals surface area contributed by atoms with Gasteiger partial charge in [0, 0.05) is 38.3 Å². The molecule has 1 aliphatic rings. The maximum absolute atomic E-state index is 12.8. The predicted molar refractivity (Wildman–Crippen MR) is 101 cm³/mol. The lowest BCUT2D eigenvalue weighted by molar-refractivity contribution is -0.137. The van der Waals surface area contributed by atoms with Gasteiger partial charge in [0.25, 0.3) is 0 Å². The lowest BCUT2D eigenvalue weighted by atomic mass is 10.0. The first-order chi connectivity index (χ1) is 12.1. The average molecular weight is 386 g/mol. The summed E-state index contributed by atoms with van der Waals surface area (Å²) in [7, 11) is 2.14. The van der Waals surface area contributed by atoms with E-state index in [1.807, 2.05) is 0 Å². The quantitative estimate of drug-likeness (QED) is 0.837. The van der Waals surface area contributed by atoms with Crippen LogP contribution < -0.4 is 5.32 Å². The Morgan fingerprint density at radius 3 is 2.50 bits per heavy atom. The molecule has 0 bridgehead atoms. The molecule has 0 radical (unpaired) electrons. The number of anilines is 1. The normalized spacial score (nSPS) is 17.8. The van der Waals surface area contributed by atoms with Crippen molar-refractivity contribution in [3.05, 3.63) is 23.8 Å². The highest BCUT2D eigenvalue weighted by Gasteiger charge is 2.31. The number of thiazole rings is 1. The van der Waals surface area contributed by atoms with Crippen molar-refractivity contribution >= 4 is 26.7 Å². The third-order valence-corrected chi connectivity index (χ3v) is 5.76. The van der Waals surface area contributed by atoms with Gasteiger partial charge < -0.3 is 15.1 Å². The molecule has 0 atom stereocenters. The number of halogens is 3. The maximum Gasteiger partial charge on any atom is 0.416 e. The van der Waals surface area contributed by atoms with Crippen LogP contribution in [0.4, 0.5) is 18.3 Å². The molecular formula is C18H25F3N4S. The maximum atomic E-state index is 12.8. The molecule has 144 valence electrons. The number of piperazine rings is 1. The number of hydrogen-bond donors (Lipinski definition) is 1. The Hall–Kier alpha value is -1.38. The van der Waals surface area contributed by atoms with E-state index in [1.54, 1.807) is 0 Å². The molecule has 1 N–H and O–H groups in total. The highest BCUT2D eigenvalue weighted by Crippen LogP contribution is 2.34. The molecule has 1 aromatic heterocycles. The fourth-order valence-electron chi connectivity index (χ4n) is 3.02. The van der Waals surface area contributed by atoms with E-state index in [4.69, 9.17) is 0 Å². The van der Waals surface area contributed by atoms with Gasteiger partial charge in [0.1, 0.15) is 0 Å². The standard InChI is InChI=1S/C18H25F3N4S/c1-17(2,6-7-25-10-8-24(3)9-11-25)23-16-22-14-12-13(18(19,20)21)4-5-15(14)26-16/h4-5,12H,6-11H2,1-3H3,(H,22,23). The molecule has 0 unspecified atom stereocenters. The molecule has 2 heterocycles. The molecule has 1 aliphatic heterocycles. The average Bonchev–Trinajstić information content (AvgIpc) is 2.94. The van der Waals surface area contributed by atoms with Crippen molar-refractivity contribution in [2.45, 2.75) is 32.0 Å². The van der Waals surface area contributed by atoms with Crippen LogP contribution in [0.15, 0.2) is 18.2 Å². The Labute approximate surface area is 156 Å². The molecule has 1 aromatic carbocycles. The van der Waals surface area contributed by atoms with E-state index in [0.717, 1.165) is 56.0 Å². The Kier molecular flexibility index (Phi) is 5.46. The van der Waals surface area contributed by atoms with Crippen LogP contribution in [0.25, 0.3) is 10.2 Å². The van der Waals surface area contributed by atoms with Crippen molar-refractivity contribution in [3.8, 4) is 0 Å². The van der Waals surface area contributed by atoms with Gasteiger partial charge in [-0.25, -0.2) is 4.98 Å². The van der Waals surface area contributed by atoms with Crippen LogP contribution in [0.5, 0.6) is 0 Å². The van der Waals surface area contributed by atoms with Gasteiger partial charge in [0.15, 0.2) is 5.13 Å². The summed E-state index contributed by atoms with van der Waals surface area (Å²) in [5.74, 6) is 0. The monoisotopic (exact) mass is 386 g/mol. The lowest BCUT2D eigenvalue weighted by Crippen LogP contribution is -2.46. The number of alkyl halides is 3. The fraction of sp³-hybridized carbons (Fsp3) is 0.611. The number of rotatable bonds is 5. The molecule has 26 heavy (non-hydrogen) atoms. The van der Waals surface area contributed by atoms with E-state index in [9.17, 15) is 13.2 Å². The number of likely N-dealkylation sites (N-methyl/N-ethyl adjacent to an activating group) is 1. The van der Waals surface area contributed by atoms with Gasteiger partial charge in [-0.1, -0.05) is 11.3 Å². The molecule has 0 aliphatic carbocycles. The first kappa shape index (κ1) is 19.4. The van der Waals surface area contributed by atoms with Crippen LogP contribution in [0.2, 0.25) is 0 Å². The molecule has 4 nitrogen and oxygen atoms in total. The Bertz CT molecular complexity index is 748. The zero-order valence-electron chi connectivity index (χ0n) is 15.4. The predicted octanol–water partition coefficient (Wildman–Crippen LogP) is 4.14. The zero-order chi connectivity index (χ0) is 18.9. The second-order valence-electron chi connectivity index (χ2n) is 7.60. The fourth-order valence-corrected chi connectivity index (χ4v) is 4.04. The highest BCUT2D eigenvalue weighted by molar-refractivity contribution is 7.22. The third kappa shape index (κ3) is 4.86. The van der Waals surface area contributed by atoms with E-state index >= 15 is 0 Å². The van der Waals surface area contributed by atoms with Crippen LogP contribution in [0.1, 0.15) is 25.8 Å². The van der Waals surface area contributed by atoms with Crippen molar-refractivity contribution in [2.24, 2.45) is 0 Å². The first-order valence-corrected chi connectivity index (χ1v) is 9.61. The largest absolute Gasteiger partial charge is 0.416 e. The van der Waals surface area contributed by atoms with Crippen LogP contribution in [-0.2, 0) is 6.18 Å². The molecule has 3 rings (SSSR count). The van der Waals surface area contributed by atoms with Gasteiger partial charge in [-0.05, 0) is 45.5 Å². The molecule has 0 saturated carbocycles. The van der Waals surface area contributed by atoms with E-state index in [1.165, 1.54) is 17.4 Å².